The average molecular weight is 389 g/mol. The van der Waals surface area contributed by atoms with Gasteiger partial charge in [-0.15, -0.1) is 0 Å². The molecule has 102 valence electrons. The van der Waals surface area contributed by atoms with Crippen LogP contribution in [0.15, 0.2) is 39.8 Å². The van der Waals surface area contributed by atoms with Gasteiger partial charge in [0.1, 0.15) is 12.4 Å². The van der Waals surface area contributed by atoms with E-state index in [1.165, 1.54) is 5.56 Å². The van der Waals surface area contributed by atoms with E-state index in [9.17, 15) is 0 Å². The summed E-state index contributed by atoms with van der Waals surface area (Å²) in [6.45, 7) is 1.99. The highest BCUT2D eigenvalue weighted by Crippen LogP contribution is 2.34. The zero-order valence-electron chi connectivity index (χ0n) is 10.4. The number of nitrogens with zero attached hydrogens (tertiary/aromatic N) is 2. The van der Waals surface area contributed by atoms with Gasteiger partial charge in [-0.3, -0.25) is 0 Å². The Morgan fingerprint density at radius 1 is 1.26 bits per heavy atom. The second-order valence-corrected chi connectivity index (χ2v) is 5.78. The molecule has 2 aromatic rings. The SMILES string of the molecule is NCCc1cc(Br)c(OCCn2ccnc2)c(Br)c1. The topological polar surface area (TPSA) is 53.1 Å². The monoisotopic (exact) mass is 387 g/mol. The van der Waals surface area contributed by atoms with Crippen LogP contribution >= 0.6 is 31.9 Å². The summed E-state index contributed by atoms with van der Waals surface area (Å²) in [5, 5.41) is 0. The Labute approximate surface area is 129 Å². The van der Waals surface area contributed by atoms with Crippen molar-refractivity contribution in [1.82, 2.24) is 9.55 Å². The molecule has 1 heterocycles. The first-order chi connectivity index (χ1) is 9.20. The Morgan fingerprint density at radius 2 is 2.00 bits per heavy atom. The van der Waals surface area contributed by atoms with Crippen molar-refractivity contribution in [3.8, 4) is 5.75 Å². The number of rotatable bonds is 6. The predicted molar refractivity (Wildman–Crippen MR) is 82.3 cm³/mol. The maximum absolute atomic E-state index is 5.80. The summed E-state index contributed by atoms with van der Waals surface area (Å²) in [5.41, 5.74) is 6.75. The molecular formula is C13H15Br2N3O. The third-order valence-electron chi connectivity index (χ3n) is 2.65. The highest BCUT2D eigenvalue weighted by Gasteiger charge is 2.08. The van der Waals surface area contributed by atoms with Crippen molar-refractivity contribution in [2.24, 2.45) is 5.73 Å². The standard InChI is InChI=1S/C13H15Br2N3O/c14-11-7-10(1-2-16)8-12(15)13(11)19-6-5-18-4-3-17-9-18/h3-4,7-9H,1-2,5-6,16H2. The lowest BCUT2D eigenvalue weighted by Crippen LogP contribution is -2.08. The number of imidazole rings is 1. The van der Waals surface area contributed by atoms with E-state index in [0.717, 1.165) is 27.7 Å². The van der Waals surface area contributed by atoms with Gasteiger partial charge >= 0.3 is 0 Å². The summed E-state index contributed by atoms with van der Waals surface area (Å²) >= 11 is 7.06. The van der Waals surface area contributed by atoms with Crippen molar-refractivity contribution < 1.29 is 4.74 Å². The van der Waals surface area contributed by atoms with Crippen LogP contribution in [0.2, 0.25) is 0 Å². The number of ether oxygens (including phenoxy) is 1. The molecule has 0 unspecified atom stereocenters. The molecule has 0 spiro atoms. The van der Waals surface area contributed by atoms with Gasteiger partial charge in [-0.05, 0) is 62.5 Å². The van der Waals surface area contributed by atoms with Crippen LogP contribution in [0.3, 0.4) is 0 Å². The van der Waals surface area contributed by atoms with Gasteiger partial charge in [-0.1, -0.05) is 0 Å². The first-order valence-electron chi connectivity index (χ1n) is 5.97. The Kier molecular flexibility index (Phi) is 5.42. The van der Waals surface area contributed by atoms with E-state index in [-0.39, 0.29) is 0 Å². The minimum atomic E-state index is 0.587. The molecule has 6 heteroatoms. The predicted octanol–water partition coefficient (Wildman–Crippen LogP) is 2.99. The van der Waals surface area contributed by atoms with E-state index >= 15 is 0 Å². The molecule has 2 rings (SSSR count). The Bertz CT molecular complexity index is 506. The van der Waals surface area contributed by atoms with E-state index in [1.807, 2.05) is 22.9 Å². The van der Waals surface area contributed by atoms with Gasteiger partial charge in [0.25, 0.3) is 0 Å². The lowest BCUT2D eigenvalue weighted by Gasteiger charge is -2.12. The summed E-state index contributed by atoms with van der Waals surface area (Å²) in [6.07, 6.45) is 6.30. The lowest BCUT2D eigenvalue weighted by molar-refractivity contribution is 0.294. The van der Waals surface area contributed by atoms with E-state index in [1.54, 1.807) is 12.5 Å². The summed E-state index contributed by atoms with van der Waals surface area (Å²) in [5.74, 6) is 0.820. The Morgan fingerprint density at radius 3 is 2.58 bits per heavy atom. The largest absolute Gasteiger partial charge is 0.489 e. The van der Waals surface area contributed by atoms with Gasteiger partial charge in [0, 0.05) is 12.4 Å². The third-order valence-corrected chi connectivity index (χ3v) is 3.82. The maximum Gasteiger partial charge on any atom is 0.147 e. The first-order valence-corrected chi connectivity index (χ1v) is 7.56. The molecule has 0 atom stereocenters. The summed E-state index contributed by atoms with van der Waals surface area (Å²) < 4.78 is 9.66. The van der Waals surface area contributed by atoms with Crippen molar-refractivity contribution in [3.05, 3.63) is 45.4 Å². The minimum Gasteiger partial charge on any atom is -0.489 e. The van der Waals surface area contributed by atoms with Gasteiger partial charge in [0.05, 0.1) is 21.8 Å². The van der Waals surface area contributed by atoms with Crippen molar-refractivity contribution in [1.29, 1.82) is 0 Å². The van der Waals surface area contributed by atoms with E-state index in [0.29, 0.717) is 13.2 Å². The fraction of sp³-hybridized carbons (Fsp3) is 0.308. The molecule has 1 aromatic carbocycles. The number of benzene rings is 1. The van der Waals surface area contributed by atoms with Crippen LogP contribution in [0.5, 0.6) is 5.75 Å². The number of aromatic nitrogens is 2. The van der Waals surface area contributed by atoms with Crippen molar-refractivity contribution >= 4 is 31.9 Å². The molecule has 4 nitrogen and oxygen atoms in total. The molecule has 0 amide bonds. The van der Waals surface area contributed by atoms with E-state index < -0.39 is 0 Å². The van der Waals surface area contributed by atoms with Gasteiger partial charge in [-0.2, -0.15) is 0 Å². The third kappa shape index (κ3) is 4.06. The number of halogens is 2. The Hall–Kier alpha value is -0.850. The number of hydrogen-bond donors (Lipinski definition) is 1. The van der Waals surface area contributed by atoms with Crippen LogP contribution in [0.4, 0.5) is 0 Å². The van der Waals surface area contributed by atoms with E-state index in [2.05, 4.69) is 36.8 Å². The summed E-state index contributed by atoms with van der Waals surface area (Å²) in [6, 6.07) is 4.09. The smallest absolute Gasteiger partial charge is 0.147 e. The van der Waals surface area contributed by atoms with Crippen LogP contribution in [-0.2, 0) is 13.0 Å². The maximum atomic E-state index is 5.80. The van der Waals surface area contributed by atoms with Crippen LogP contribution < -0.4 is 10.5 Å². The van der Waals surface area contributed by atoms with Crippen molar-refractivity contribution in [2.75, 3.05) is 13.2 Å². The van der Waals surface area contributed by atoms with Gasteiger partial charge in [0.15, 0.2) is 0 Å². The van der Waals surface area contributed by atoms with Crippen molar-refractivity contribution in [3.63, 3.8) is 0 Å². The molecule has 19 heavy (non-hydrogen) atoms. The zero-order chi connectivity index (χ0) is 13.7. The van der Waals surface area contributed by atoms with Gasteiger partial charge in [-0.25, -0.2) is 4.98 Å². The molecule has 0 aliphatic carbocycles. The minimum absolute atomic E-state index is 0.587. The normalized spacial score (nSPS) is 10.7. The van der Waals surface area contributed by atoms with Crippen LogP contribution in [0.25, 0.3) is 0 Å². The lowest BCUT2D eigenvalue weighted by atomic mass is 10.1. The van der Waals surface area contributed by atoms with Crippen LogP contribution in [0.1, 0.15) is 5.56 Å². The van der Waals surface area contributed by atoms with Gasteiger partial charge in [0.2, 0.25) is 0 Å². The molecule has 0 aliphatic heterocycles. The van der Waals surface area contributed by atoms with Crippen LogP contribution in [0, 0.1) is 0 Å². The molecule has 0 fully saturated rings. The first kappa shape index (κ1) is 14.6. The summed E-state index contributed by atoms with van der Waals surface area (Å²) in [4.78, 5) is 3.99. The molecule has 0 radical (unpaired) electrons. The number of nitrogens with two attached hydrogens (primary N) is 1. The van der Waals surface area contributed by atoms with Crippen molar-refractivity contribution in [2.45, 2.75) is 13.0 Å². The second-order valence-electron chi connectivity index (χ2n) is 4.08. The quantitative estimate of drug-likeness (QED) is 0.827. The molecule has 0 saturated heterocycles. The fourth-order valence-electron chi connectivity index (χ4n) is 1.73. The molecule has 0 saturated carbocycles. The summed E-state index contributed by atoms with van der Waals surface area (Å²) in [7, 11) is 0. The molecule has 1 aromatic heterocycles. The molecule has 0 aliphatic rings. The molecular weight excluding hydrogens is 374 g/mol. The van der Waals surface area contributed by atoms with Crippen LogP contribution in [-0.4, -0.2) is 22.7 Å². The number of hydrogen-bond acceptors (Lipinski definition) is 3. The van der Waals surface area contributed by atoms with Gasteiger partial charge < -0.3 is 15.0 Å². The highest BCUT2D eigenvalue weighted by molar-refractivity contribution is 9.11. The second kappa shape index (κ2) is 7.07. The fourth-order valence-corrected chi connectivity index (χ4v) is 3.24. The average Bonchev–Trinajstić information content (AvgIpc) is 2.86. The zero-order valence-corrected chi connectivity index (χ0v) is 13.5. The Balaban J connectivity index is 1.99. The highest BCUT2D eigenvalue weighted by atomic mass is 79.9. The van der Waals surface area contributed by atoms with E-state index in [4.69, 9.17) is 10.5 Å². The molecule has 2 N–H and O–H groups in total. The molecule has 0 bridgehead atoms.